The van der Waals surface area contributed by atoms with E-state index in [1.807, 2.05) is 32.0 Å². The van der Waals surface area contributed by atoms with Crippen molar-refractivity contribution < 1.29 is 4.79 Å². The Balaban J connectivity index is 2.56. The first-order valence-electron chi connectivity index (χ1n) is 5.49. The number of nitrogens with zero attached hydrogens (tertiary/aromatic N) is 4. The quantitative estimate of drug-likeness (QED) is 0.826. The molecule has 2 aromatic heterocycles. The number of rotatable bonds is 3. The van der Waals surface area contributed by atoms with Crippen LogP contribution in [0.25, 0.3) is 5.65 Å². The fraction of sp³-hybridized carbons (Fsp3) is 0.250. The predicted octanol–water partition coefficient (Wildman–Crippen LogP) is 1.23. The number of aromatic nitrogens is 3. The number of aryl methyl sites for hydroxylation is 1. The first-order chi connectivity index (χ1) is 8.51. The maximum absolute atomic E-state index is 11.3. The van der Waals surface area contributed by atoms with Gasteiger partial charge in [0.2, 0.25) is 5.91 Å². The molecule has 0 saturated carbocycles. The van der Waals surface area contributed by atoms with Crippen LogP contribution in [0.15, 0.2) is 24.8 Å². The Morgan fingerprint density at radius 3 is 2.83 bits per heavy atom. The zero-order valence-electron chi connectivity index (χ0n) is 10.6. The van der Waals surface area contributed by atoms with E-state index in [9.17, 15) is 4.79 Å². The fourth-order valence-corrected chi connectivity index (χ4v) is 1.63. The van der Waals surface area contributed by atoms with Gasteiger partial charge < -0.3 is 10.2 Å². The number of hydrogen-bond donors (Lipinski definition) is 1. The lowest BCUT2D eigenvalue weighted by molar-refractivity contribution is -0.111. The van der Waals surface area contributed by atoms with Crippen molar-refractivity contribution in [1.82, 2.24) is 14.6 Å². The zero-order chi connectivity index (χ0) is 13.3. The van der Waals surface area contributed by atoms with Crippen LogP contribution in [-0.2, 0) is 4.79 Å². The average molecular weight is 245 g/mol. The minimum atomic E-state index is -0.284. The van der Waals surface area contributed by atoms with Crippen molar-refractivity contribution >= 4 is 23.2 Å². The van der Waals surface area contributed by atoms with Crippen LogP contribution in [0.2, 0.25) is 0 Å². The highest BCUT2D eigenvalue weighted by molar-refractivity contribution is 5.98. The van der Waals surface area contributed by atoms with E-state index in [0.29, 0.717) is 11.5 Å². The Hall–Kier alpha value is -2.37. The highest BCUT2D eigenvalue weighted by atomic mass is 16.1. The van der Waals surface area contributed by atoms with Gasteiger partial charge in [0, 0.05) is 26.2 Å². The molecule has 0 spiro atoms. The van der Waals surface area contributed by atoms with E-state index in [-0.39, 0.29) is 5.91 Å². The molecule has 0 fully saturated rings. The summed E-state index contributed by atoms with van der Waals surface area (Å²) in [5.74, 6) is 1.04. The largest absolute Gasteiger partial charge is 0.363 e. The van der Waals surface area contributed by atoms with Crippen LogP contribution >= 0.6 is 0 Å². The maximum Gasteiger partial charge on any atom is 0.248 e. The molecule has 0 unspecified atom stereocenters. The van der Waals surface area contributed by atoms with Gasteiger partial charge in [-0.15, -0.1) is 0 Å². The van der Waals surface area contributed by atoms with Crippen LogP contribution < -0.4 is 10.2 Å². The summed E-state index contributed by atoms with van der Waals surface area (Å²) >= 11 is 0. The van der Waals surface area contributed by atoms with Crippen molar-refractivity contribution in [1.29, 1.82) is 0 Å². The van der Waals surface area contributed by atoms with Crippen molar-refractivity contribution in [2.45, 2.75) is 6.92 Å². The molecule has 94 valence electrons. The minimum absolute atomic E-state index is 0.284. The molecular weight excluding hydrogens is 230 g/mol. The Morgan fingerprint density at radius 1 is 1.50 bits per heavy atom. The summed E-state index contributed by atoms with van der Waals surface area (Å²) in [6, 6.07) is 3.62. The summed E-state index contributed by atoms with van der Waals surface area (Å²) in [5.41, 5.74) is 1.57. The lowest BCUT2D eigenvalue weighted by atomic mass is 10.4. The summed E-state index contributed by atoms with van der Waals surface area (Å²) in [4.78, 5) is 17.5. The standard InChI is InChI=1S/C12H15N5O/c1-5-11(18)14-9-7-12(16(3)4)17-10(13-9)6-8(2)15-17/h5-7H,1H2,2-4H3,(H,13,14,18). The smallest absolute Gasteiger partial charge is 0.248 e. The summed E-state index contributed by atoms with van der Waals surface area (Å²) in [6.45, 7) is 5.31. The molecule has 2 rings (SSSR count). The van der Waals surface area contributed by atoms with E-state index in [1.54, 1.807) is 10.6 Å². The van der Waals surface area contributed by atoms with Crippen LogP contribution in [0.3, 0.4) is 0 Å². The SMILES string of the molecule is C=CC(=O)Nc1cc(N(C)C)n2nc(C)cc2n1. The van der Waals surface area contributed by atoms with Crippen LogP contribution in [0.4, 0.5) is 11.6 Å². The average Bonchev–Trinajstić information content (AvgIpc) is 2.67. The normalized spacial score (nSPS) is 10.4. The topological polar surface area (TPSA) is 62.5 Å². The number of hydrogen-bond acceptors (Lipinski definition) is 4. The van der Waals surface area contributed by atoms with E-state index in [1.165, 1.54) is 6.08 Å². The molecule has 18 heavy (non-hydrogen) atoms. The van der Waals surface area contributed by atoms with Gasteiger partial charge in [-0.2, -0.15) is 9.61 Å². The molecule has 0 aliphatic heterocycles. The van der Waals surface area contributed by atoms with Crippen molar-refractivity contribution in [2.75, 3.05) is 24.3 Å². The fourth-order valence-electron chi connectivity index (χ4n) is 1.63. The molecule has 0 radical (unpaired) electrons. The van der Waals surface area contributed by atoms with Crippen molar-refractivity contribution in [2.24, 2.45) is 0 Å². The molecule has 1 amide bonds. The molecule has 0 bridgehead atoms. The summed E-state index contributed by atoms with van der Waals surface area (Å²) < 4.78 is 1.74. The van der Waals surface area contributed by atoms with Gasteiger partial charge in [0.25, 0.3) is 0 Å². The molecule has 0 atom stereocenters. The van der Waals surface area contributed by atoms with E-state index < -0.39 is 0 Å². The third kappa shape index (κ3) is 2.17. The number of amides is 1. The molecule has 1 N–H and O–H groups in total. The lowest BCUT2D eigenvalue weighted by Crippen LogP contribution is -2.16. The molecule has 2 aromatic rings. The van der Waals surface area contributed by atoms with Gasteiger partial charge in [-0.05, 0) is 13.0 Å². The van der Waals surface area contributed by atoms with E-state index in [0.717, 1.165) is 11.5 Å². The summed E-state index contributed by atoms with van der Waals surface area (Å²) in [6.07, 6.45) is 1.21. The van der Waals surface area contributed by atoms with Crippen LogP contribution in [0, 0.1) is 6.92 Å². The Kier molecular flexibility index (Phi) is 3.01. The van der Waals surface area contributed by atoms with Crippen molar-refractivity contribution in [3.05, 3.63) is 30.5 Å². The van der Waals surface area contributed by atoms with Gasteiger partial charge >= 0.3 is 0 Å². The first-order valence-corrected chi connectivity index (χ1v) is 5.49. The van der Waals surface area contributed by atoms with Gasteiger partial charge in [0.1, 0.15) is 11.6 Å². The number of carbonyl (C=O) groups excluding carboxylic acids is 1. The second kappa shape index (κ2) is 4.48. The third-order valence-corrected chi connectivity index (χ3v) is 2.43. The minimum Gasteiger partial charge on any atom is -0.363 e. The number of anilines is 2. The molecular formula is C12H15N5O. The monoisotopic (exact) mass is 245 g/mol. The van der Waals surface area contributed by atoms with Gasteiger partial charge in [0.15, 0.2) is 5.65 Å². The highest BCUT2D eigenvalue weighted by Crippen LogP contribution is 2.19. The first kappa shape index (κ1) is 12.1. The predicted molar refractivity (Wildman–Crippen MR) is 70.9 cm³/mol. The molecule has 0 aliphatic carbocycles. The second-order valence-corrected chi connectivity index (χ2v) is 4.14. The Labute approximate surface area is 105 Å². The van der Waals surface area contributed by atoms with Crippen LogP contribution in [-0.4, -0.2) is 34.6 Å². The van der Waals surface area contributed by atoms with Crippen LogP contribution in [0.5, 0.6) is 0 Å². The van der Waals surface area contributed by atoms with Gasteiger partial charge in [-0.3, -0.25) is 4.79 Å². The molecule has 6 nitrogen and oxygen atoms in total. The van der Waals surface area contributed by atoms with Crippen molar-refractivity contribution in [3.8, 4) is 0 Å². The number of fused-ring (bicyclic) bond motifs is 1. The molecule has 0 aromatic carbocycles. The number of nitrogens with one attached hydrogen (secondary N) is 1. The van der Waals surface area contributed by atoms with Gasteiger partial charge in [-0.25, -0.2) is 4.98 Å². The molecule has 2 heterocycles. The molecule has 6 heteroatoms. The molecule has 0 aliphatic rings. The van der Waals surface area contributed by atoms with E-state index in [4.69, 9.17) is 0 Å². The maximum atomic E-state index is 11.3. The highest BCUT2D eigenvalue weighted by Gasteiger charge is 2.10. The zero-order valence-corrected chi connectivity index (χ0v) is 10.6. The summed E-state index contributed by atoms with van der Waals surface area (Å²) in [7, 11) is 3.82. The summed E-state index contributed by atoms with van der Waals surface area (Å²) in [5, 5.41) is 7.01. The third-order valence-electron chi connectivity index (χ3n) is 2.43. The molecule has 0 saturated heterocycles. The van der Waals surface area contributed by atoms with Crippen LogP contribution in [0.1, 0.15) is 5.69 Å². The lowest BCUT2D eigenvalue weighted by Gasteiger charge is -2.15. The van der Waals surface area contributed by atoms with Gasteiger partial charge in [-0.1, -0.05) is 6.58 Å². The van der Waals surface area contributed by atoms with E-state index >= 15 is 0 Å². The van der Waals surface area contributed by atoms with Gasteiger partial charge in [0.05, 0.1) is 5.69 Å². The van der Waals surface area contributed by atoms with E-state index in [2.05, 4.69) is 22.0 Å². The van der Waals surface area contributed by atoms with Crippen molar-refractivity contribution in [3.63, 3.8) is 0 Å². The Morgan fingerprint density at radius 2 is 2.22 bits per heavy atom. The number of carbonyl (C=O) groups is 1. The Bertz CT molecular complexity index is 614. The second-order valence-electron chi connectivity index (χ2n) is 4.14.